The highest BCUT2D eigenvalue weighted by atomic mass is 35.5. The van der Waals surface area contributed by atoms with Crippen molar-refractivity contribution in [2.24, 2.45) is 5.92 Å². The number of Topliss-reactive ketones (excluding diaryl/α,β-unsaturated/α-hetero) is 1. The third-order valence-electron chi connectivity index (χ3n) is 6.68. The van der Waals surface area contributed by atoms with Crippen molar-refractivity contribution in [3.05, 3.63) is 41.3 Å². The van der Waals surface area contributed by atoms with E-state index in [4.69, 9.17) is 4.42 Å². The number of halogens is 4. The first-order chi connectivity index (χ1) is 18.8. The molecule has 1 aliphatic carbocycles. The van der Waals surface area contributed by atoms with Crippen LogP contribution in [0.3, 0.4) is 0 Å². The highest BCUT2D eigenvalue weighted by Crippen LogP contribution is 2.31. The molecule has 0 saturated heterocycles. The summed E-state index contributed by atoms with van der Waals surface area (Å²) in [6, 6.07) is 2.87. The minimum absolute atomic E-state index is 0. The molecule has 2 N–H and O–H groups in total. The molecular formula is C27H37ClF3N5O4S. The molecule has 0 aliphatic heterocycles. The Balaban J connectivity index is 0.00000588. The Morgan fingerprint density at radius 1 is 1.07 bits per heavy atom. The molecule has 1 aromatic heterocycles. The van der Waals surface area contributed by atoms with Gasteiger partial charge in [-0.2, -0.15) is 13.2 Å². The fraction of sp³-hybridized carbons (Fsp3) is 0.593. The van der Waals surface area contributed by atoms with Gasteiger partial charge in [0.1, 0.15) is 5.54 Å². The first kappa shape index (κ1) is 34.6. The largest absolute Gasteiger partial charge is 0.416 e. The van der Waals surface area contributed by atoms with Crippen molar-refractivity contribution in [3.8, 4) is 0 Å². The molecule has 2 amide bonds. The molecular weight excluding hydrogens is 583 g/mol. The van der Waals surface area contributed by atoms with Gasteiger partial charge in [0.2, 0.25) is 11.7 Å². The maximum atomic E-state index is 13.7. The van der Waals surface area contributed by atoms with Crippen LogP contribution in [0.4, 0.5) is 13.2 Å². The number of hydrogen-bond donors (Lipinski definition) is 2. The Bertz CT molecular complexity index is 1170. The van der Waals surface area contributed by atoms with Gasteiger partial charge in [0.25, 0.3) is 17.0 Å². The third-order valence-corrected chi connectivity index (χ3v) is 7.48. The molecule has 1 aromatic carbocycles. The van der Waals surface area contributed by atoms with Crippen LogP contribution in [-0.4, -0.2) is 70.7 Å². The van der Waals surface area contributed by atoms with E-state index in [1.807, 2.05) is 32.8 Å². The zero-order valence-corrected chi connectivity index (χ0v) is 25.2. The van der Waals surface area contributed by atoms with Crippen molar-refractivity contribution >= 4 is 41.8 Å². The number of alkyl halides is 3. The number of ketones is 1. The Labute approximate surface area is 248 Å². The van der Waals surface area contributed by atoms with Gasteiger partial charge >= 0.3 is 6.18 Å². The zero-order chi connectivity index (χ0) is 29.5. The summed E-state index contributed by atoms with van der Waals surface area (Å²) in [5.74, 6) is -1.18. The second kappa shape index (κ2) is 15.0. The second-order valence-electron chi connectivity index (χ2n) is 10.7. The van der Waals surface area contributed by atoms with Gasteiger partial charge in [0, 0.05) is 17.9 Å². The molecule has 3 rings (SSSR count). The van der Waals surface area contributed by atoms with E-state index in [1.165, 1.54) is 11.8 Å². The topological polar surface area (TPSA) is 117 Å². The minimum Gasteiger partial charge on any atom is -0.408 e. The summed E-state index contributed by atoms with van der Waals surface area (Å²) in [5.41, 5.74) is -2.18. The molecule has 1 unspecified atom stereocenters. The Morgan fingerprint density at radius 3 is 2.27 bits per heavy atom. The predicted octanol–water partition coefficient (Wildman–Crippen LogP) is 5.01. The maximum absolute atomic E-state index is 13.7. The quantitative estimate of drug-likeness (QED) is 0.252. The van der Waals surface area contributed by atoms with E-state index in [-0.39, 0.29) is 35.0 Å². The van der Waals surface area contributed by atoms with Crippen LogP contribution in [0.1, 0.15) is 79.0 Å². The van der Waals surface area contributed by atoms with E-state index in [1.54, 1.807) is 0 Å². The standard InChI is InChI=1S/C27H36F3N5O4S.ClH/c1-17(2)16-20(21(36)23-33-34-25(39-23)40-15-14-35(3)4)31-24(38)26(12-6-5-7-13-26)32-22(37)18-8-10-19(11-9-18)27(28,29)30;/h8-11,17,20H,5-7,12-16H2,1-4H3,(H,31,38)(H,32,37);1H. The van der Waals surface area contributed by atoms with Gasteiger partial charge in [-0.25, -0.2) is 0 Å². The fourth-order valence-electron chi connectivity index (χ4n) is 4.50. The van der Waals surface area contributed by atoms with Crippen LogP contribution in [0.2, 0.25) is 0 Å². The molecule has 1 saturated carbocycles. The number of benzene rings is 1. The molecule has 1 heterocycles. The van der Waals surface area contributed by atoms with E-state index in [9.17, 15) is 27.6 Å². The van der Waals surface area contributed by atoms with Gasteiger partial charge in [-0.1, -0.05) is 44.9 Å². The summed E-state index contributed by atoms with van der Waals surface area (Å²) >= 11 is 1.32. The first-order valence-corrected chi connectivity index (χ1v) is 14.3. The van der Waals surface area contributed by atoms with Gasteiger partial charge < -0.3 is 20.0 Å². The van der Waals surface area contributed by atoms with Crippen LogP contribution >= 0.6 is 24.2 Å². The molecule has 0 bridgehead atoms. The first-order valence-electron chi connectivity index (χ1n) is 13.3. The van der Waals surface area contributed by atoms with Gasteiger partial charge in [-0.15, -0.1) is 22.6 Å². The number of rotatable bonds is 12. The molecule has 1 aliphatic rings. The predicted molar refractivity (Wildman–Crippen MR) is 151 cm³/mol. The molecule has 41 heavy (non-hydrogen) atoms. The smallest absolute Gasteiger partial charge is 0.408 e. The van der Waals surface area contributed by atoms with Gasteiger partial charge in [-0.05, 0) is 63.5 Å². The highest BCUT2D eigenvalue weighted by Gasteiger charge is 2.43. The second-order valence-corrected chi connectivity index (χ2v) is 11.8. The van der Waals surface area contributed by atoms with Crippen molar-refractivity contribution in [1.29, 1.82) is 0 Å². The summed E-state index contributed by atoms with van der Waals surface area (Å²) in [4.78, 5) is 42.1. The Hall–Kier alpha value is -2.64. The molecule has 0 radical (unpaired) electrons. The van der Waals surface area contributed by atoms with Gasteiger partial charge in [0.05, 0.1) is 11.6 Å². The number of amides is 2. The van der Waals surface area contributed by atoms with Crippen molar-refractivity contribution < 1.29 is 32.0 Å². The summed E-state index contributed by atoms with van der Waals surface area (Å²) < 4.78 is 44.4. The Morgan fingerprint density at radius 2 is 1.71 bits per heavy atom. The molecule has 0 spiro atoms. The summed E-state index contributed by atoms with van der Waals surface area (Å²) in [6.07, 6.45) is -1.35. The SMILES string of the molecule is CC(C)CC(NC(=O)C1(NC(=O)c2ccc(C(F)(F)F)cc2)CCCCC1)C(=O)c1nnc(SCCN(C)C)o1.Cl. The van der Waals surface area contributed by atoms with E-state index < -0.39 is 40.9 Å². The summed E-state index contributed by atoms with van der Waals surface area (Å²) in [5, 5.41) is 13.7. The number of hydrogen-bond acceptors (Lipinski definition) is 8. The Kier molecular flexibility index (Phi) is 12.7. The lowest BCUT2D eigenvalue weighted by Gasteiger charge is -2.37. The normalized spacial score (nSPS) is 15.7. The van der Waals surface area contributed by atoms with Gasteiger partial charge in [0.15, 0.2) is 0 Å². The van der Waals surface area contributed by atoms with Crippen LogP contribution < -0.4 is 10.6 Å². The fourth-order valence-corrected chi connectivity index (χ4v) is 5.36. The highest BCUT2D eigenvalue weighted by molar-refractivity contribution is 7.99. The zero-order valence-electron chi connectivity index (χ0n) is 23.5. The summed E-state index contributed by atoms with van der Waals surface area (Å²) in [7, 11) is 3.88. The number of carbonyl (C=O) groups is 3. The average molecular weight is 620 g/mol. The van der Waals surface area contributed by atoms with Crippen LogP contribution in [0.5, 0.6) is 0 Å². The van der Waals surface area contributed by atoms with Crippen molar-refractivity contribution in [2.45, 2.75) is 75.4 Å². The molecule has 1 atom stereocenters. The number of aromatic nitrogens is 2. The van der Waals surface area contributed by atoms with Crippen LogP contribution in [-0.2, 0) is 11.0 Å². The van der Waals surface area contributed by atoms with E-state index in [2.05, 4.69) is 20.8 Å². The van der Waals surface area contributed by atoms with E-state index in [0.29, 0.717) is 37.9 Å². The average Bonchev–Trinajstić information content (AvgIpc) is 3.36. The van der Waals surface area contributed by atoms with Crippen molar-refractivity contribution in [1.82, 2.24) is 25.7 Å². The van der Waals surface area contributed by atoms with E-state index >= 15 is 0 Å². The molecule has 228 valence electrons. The maximum Gasteiger partial charge on any atom is 0.416 e. The van der Waals surface area contributed by atoms with Crippen LogP contribution in [0.15, 0.2) is 33.9 Å². The van der Waals surface area contributed by atoms with Gasteiger partial charge in [-0.3, -0.25) is 14.4 Å². The lowest BCUT2D eigenvalue weighted by atomic mass is 9.80. The van der Waals surface area contributed by atoms with Crippen LogP contribution in [0, 0.1) is 5.92 Å². The summed E-state index contributed by atoms with van der Waals surface area (Å²) in [6.45, 7) is 4.60. The number of nitrogens with one attached hydrogen (secondary N) is 2. The number of carbonyl (C=O) groups excluding carboxylic acids is 3. The third kappa shape index (κ3) is 9.71. The number of thioether (sulfide) groups is 1. The molecule has 9 nitrogen and oxygen atoms in total. The molecule has 14 heteroatoms. The van der Waals surface area contributed by atoms with E-state index in [0.717, 1.165) is 37.2 Å². The lowest BCUT2D eigenvalue weighted by Crippen LogP contribution is -2.62. The van der Waals surface area contributed by atoms with Crippen molar-refractivity contribution in [3.63, 3.8) is 0 Å². The monoisotopic (exact) mass is 619 g/mol. The number of nitrogens with zero attached hydrogens (tertiary/aromatic N) is 3. The van der Waals surface area contributed by atoms with Crippen molar-refractivity contribution in [2.75, 3.05) is 26.4 Å². The molecule has 1 fully saturated rings. The minimum atomic E-state index is -4.53. The van der Waals surface area contributed by atoms with Crippen LogP contribution in [0.25, 0.3) is 0 Å². The molecule has 2 aromatic rings. The lowest BCUT2D eigenvalue weighted by molar-refractivity contribution is -0.137.